The van der Waals surface area contributed by atoms with Crippen LogP contribution in [0.3, 0.4) is 0 Å². The third kappa shape index (κ3) is 1.40. The van der Waals surface area contributed by atoms with Gasteiger partial charge >= 0.3 is 0 Å². The molecule has 1 aliphatic carbocycles. The molecule has 0 saturated carbocycles. The number of allylic oxidation sites excluding steroid dienone is 3. The molecule has 0 aromatic heterocycles. The van der Waals surface area contributed by atoms with Gasteiger partial charge in [0.25, 0.3) is 0 Å². The topological polar surface area (TPSA) is 0 Å². The van der Waals surface area contributed by atoms with E-state index in [0.717, 1.165) is 0 Å². The van der Waals surface area contributed by atoms with Crippen molar-refractivity contribution in [1.82, 2.24) is 0 Å². The van der Waals surface area contributed by atoms with Crippen molar-refractivity contribution in [3.63, 3.8) is 0 Å². The fourth-order valence-corrected chi connectivity index (χ4v) is 0.727. The third-order valence-electron chi connectivity index (χ3n) is 1.25. The highest BCUT2D eigenvalue weighted by Gasteiger charge is 1.85. The van der Waals surface area contributed by atoms with E-state index in [1.807, 2.05) is 6.08 Å². The van der Waals surface area contributed by atoms with Crippen molar-refractivity contribution in [2.75, 3.05) is 0 Å². The van der Waals surface area contributed by atoms with Crippen LogP contribution in [0.15, 0.2) is 29.5 Å². The van der Waals surface area contributed by atoms with Gasteiger partial charge in [-0.1, -0.05) is 12.2 Å². The van der Waals surface area contributed by atoms with Crippen molar-refractivity contribution < 1.29 is 0 Å². The van der Waals surface area contributed by atoms with Crippen molar-refractivity contribution in [3.8, 4) is 0 Å². The maximum atomic E-state index is 3.15. The summed E-state index contributed by atoms with van der Waals surface area (Å²) in [7, 11) is 0. The molecule has 0 radical (unpaired) electrons. The molecule has 8 heavy (non-hydrogen) atoms. The minimum atomic E-state index is 1.17. The predicted molar refractivity (Wildman–Crippen MR) is 35.6 cm³/mol. The van der Waals surface area contributed by atoms with Gasteiger partial charge in [0.1, 0.15) is 0 Å². The molecule has 1 aliphatic rings. The van der Waals surface area contributed by atoms with E-state index in [1.165, 1.54) is 18.4 Å². The second-order valence-electron chi connectivity index (χ2n) is 2.06. The van der Waals surface area contributed by atoms with E-state index in [1.54, 1.807) is 0 Å². The monoisotopic (exact) mass is 106 g/mol. The lowest BCUT2D eigenvalue weighted by Gasteiger charge is -1.87. The molecule has 0 amide bonds. The van der Waals surface area contributed by atoms with Gasteiger partial charge in [0, 0.05) is 0 Å². The molecule has 0 aliphatic heterocycles. The van der Waals surface area contributed by atoms with Crippen LogP contribution in [0.5, 0.6) is 0 Å². The highest BCUT2D eigenvalue weighted by atomic mass is 13.9. The lowest BCUT2D eigenvalue weighted by atomic mass is 10.2. The Morgan fingerprint density at radius 3 is 3.38 bits per heavy atom. The number of hydrogen-bond donors (Lipinski definition) is 0. The van der Waals surface area contributed by atoms with Crippen LogP contribution in [0.4, 0.5) is 0 Å². The first-order valence-corrected chi connectivity index (χ1v) is 2.97. The average molecular weight is 106 g/mol. The first-order chi connectivity index (χ1) is 3.89. The molecular weight excluding hydrogens is 96.1 g/mol. The van der Waals surface area contributed by atoms with E-state index >= 15 is 0 Å². The molecule has 0 nitrogen and oxygen atoms in total. The Balaban J connectivity index is 2.76. The Morgan fingerprint density at radius 1 is 1.62 bits per heavy atom. The molecule has 0 aromatic rings. The number of hydrogen-bond acceptors (Lipinski definition) is 0. The smallest absolute Gasteiger partial charge is 0.0204 e. The summed E-state index contributed by atoms with van der Waals surface area (Å²) in [6.45, 7) is 2.11. The van der Waals surface area contributed by atoms with Crippen LogP contribution in [0.2, 0.25) is 0 Å². The summed E-state index contributed by atoms with van der Waals surface area (Å²) >= 11 is 0. The molecule has 0 spiro atoms. The van der Waals surface area contributed by atoms with Crippen LogP contribution in [-0.2, 0) is 0 Å². The summed E-state index contributed by atoms with van der Waals surface area (Å²) in [5, 5.41) is 0. The Hall–Kier alpha value is -0.740. The number of rotatable bonds is 0. The SMILES string of the molecule is CC1=C=CC=CCC1. The summed E-state index contributed by atoms with van der Waals surface area (Å²) in [6, 6.07) is 0. The third-order valence-corrected chi connectivity index (χ3v) is 1.25. The molecule has 0 heteroatoms. The van der Waals surface area contributed by atoms with Gasteiger partial charge in [-0.05, 0) is 31.4 Å². The summed E-state index contributed by atoms with van der Waals surface area (Å²) in [5.74, 6) is 0. The van der Waals surface area contributed by atoms with Crippen LogP contribution in [0.25, 0.3) is 0 Å². The summed E-state index contributed by atoms with van der Waals surface area (Å²) in [5.41, 5.74) is 4.51. The Kier molecular flexibility index (Phi) is 1.71. The molecule has 42 valence electrons. The van der Waals surface area contributed by atoms with Crippen molar-refractivity contribution >= 4 is 0 Å². The summed E-state index contributed by atoms with van der Waals surface area (Å²) in [4.78, 5) is 0. The highest BCUT2D eigenvalue weighted by molar-refractivity contribution is 5.11. The Morgan fingerprint density at radius 2 is 2.50 bits per heavy atom. The average Bonchev–Trinajstić information content (AvgIpc) is 1.94. The Labute approximate surface area is 50.2 Å². The lowest BCUT2D eigenvalue weighted by Crippen LogP contribution is -1.68. The van der Waals surface area contributed by atoms with Crippen LogP contribution in [0, 0.1) is 0 Å². The predicted octanol–water partition coefficient (Wildman–Crippen LogP) is 2.44. The highest BCUT2D eigenvalue weighted by Crippen LogP contribution is 2.04. The first-order valence-electron chi connectivity index (χ1n) is 2.97. The van der Waals surface area contributed by atoms with Crippen LogP contribution in [-0.4, -0.2) is 0 Å². The fourth-order valence-electron chi connectivity index (χ4n) is 0.727. The van der Waals surface area contributed by atoms with Gasteiger partial charge in [-0.3, -0.25) is 0 Å². The second-order valence-corrected chi connectivity index (χ2v) is 2.06. The zero-order chi connectivity index (χ0) is 5.82. The van der Waals surface area contributed by atoms with E-state index < -0.39 is 0 Å². The van der Waals surface area contributed by atoms with E-state index in [-0.39, 0.29) is 0 Å². The zero-order valence-corrected chi connectivity index (χ0v) is 5.15. The van der Waals surface area contributed by atoms with E-state index in [9.17, 15) is 0 Å². The van der Waals surface area contributed by atoms with Gasteiger partial charge in [-0.25, -0.2) is 0 Å². The van der Waals surface area contributed by atoms with Crippen LogP contribution in [0.1, 0.15) is 19.8 Å². The zero-order valence-electron chi connectivity index (χ0n) is 5.15. The molecule has 0 unspecified atom stereocenters. The van der Waals surface area contributed by atoms with Crippen molar-refractivity contribution in [3.05, 3.63) is 29.5 Å². The lowest BCUT2D eigenvalue weighted by molar-refractivity contribution is 0.986. The molecule has 0 fully saturated rings. The van der Waals surface area contributed by atoms with E-state index in [0.29, 0.717) is 0 Å². The molecule has 1 rings (SSSR count). The van der Waals surface area contributed by atoms with Crippen molar-refractivity contribution in [1.29, 1.82) is 0 Å². The van der Waals surface area contributed by atoms with E-state index in [4.69, 9.17) is 0 Å². The van der Waals surface area contributed by atoms with Crippen molar-refractivity contribution in [2.45, 2.75) is 19.8 Å². The second kappa shape index (κ2) is 2.54. The van der Waals surface area contributed by atoms with Gasteiger partial charge < -0.3 is 0 Å². The molecule has 0 bridgehead atoms. The summed E-state index contributed by atoms with van der Waals surface area (Å²) in [6.07, 6.45) is 8.55. The molecule has 0 aromatic carbocycles. The minimum absolute atomic E-state index is 1.17. The quantitative estimate of drug-likeness (QED) is 0.416. The largest absolute Gasteiger partial charge is 0.122 e. The molecular formula is C8H10. The van der Waals surface area contributed by atoms with Crippen LogP contribution < -0.4 is 0 Å². The van der Waals surface area contributed by atoms with Gasteiger partial charge in [0.2, 0.25) is 0 Å². The molecule has 0 heterocycles. The first kappa shape index (κ1) is 5.40. The van der Waals surface area contributed by atoms with Gasteiger partial charge in [0.15, 0.2) is 0 Å². The maximum Gasteiger partial charge on any atom is -0.0204 e. The van der Waals surface area contributed by atoms with Gasteiger partial charge in [-0.15, -0.1) is 5.73 Å². The van der Waals surface area contributed by atoms with Crippen LogP contribution >= 0.6 is 0 Å². The van der Waals surface area contributed by atoms with E-state index in [2.05, 4.69) is 24.8 Å². The van der Waals surface area contributed by atoms with Gasteiger partial charge in [-0.2, -0.15) is 0 Å². The Bertz CT molecular complexity index is 155. The van der Waals surface area contributed by atoms with Gasteiger partial charge in [0.05, 0.1) is 0 Å². The normalized spacial score (nSPS) is 17.9. The van der Waals surface area contributed by atoms with Crippen molar-refractivity contribution in [2.24, 2.45) is 0 Å². The molecule has 0 N–H and O–H groups in total. The molecule has 0 atom stereocenters. The standard InChI is InChI=1S/C8H10/c1-8-6-4-2-3-5-7-8/h2-4H,5,7H2,1H3. The molecule has 0 saturated heterocycles. The fraction of sp³-hybridized carbons (Fsp3) is 0.375. The maximum absolute atomic E-state index is 3.15. The minimum Gasteiger partial charge on any atom is -0.122 e. The summed E-state index contributed by atoms with van der Waals surface area (Å²) < 4.78 is 0.